The van der Waals surface area contributed by atoms with Crippen molar-refractivity contribution in [1.29, 1.82) is 0 Å². The Balaban J connectivity index is 2.22. The summed E-state index contributed by atoms with van der Waals surface area (Å²) >= 11 is 0. The van der Waals surface area contributed by atoms with Gasteiger partial charge in [-0.1, -0.05) is 25.5 Å². The molecule has 0 aromatic carbocycles. The molecule has 1 saturated carbocycles. The minimum absolute atomic E-state index is 0.250. The molecule has 2 aliphatic carbocycles. The van der Waals surface area contributed by atoms with Crippen LogP contribution in [0.3, 0.4) is 0 Å². The molecule has 0 aliphatic heterocycles. The Morgan fingerprint density at radius 2 is 2.08 bits per heavy atom. The van der Waals surface area contributed by atoms with E-state index in [2.05, 4.69) is 19.9 Å². The van der Waals surface area contributed by atoms with E-state index in [1.807, 2.05) is 0 Å². The lowest BCUT2D eigenvalue weighted by Crippen LogP contribution is -2.21. The van der Waals surface area contributed by atoms with Crippen molar-refractivity contribution in [3.05, 3.63) is 11.6 Å². The normalized spacial score (nSPS) is 32.5. The molecular formula is C12H18O. The standard InChI is InChI=1S/C12H18O/c1-12(2)6-5-10(8-13)11(7-12)9-3-4-9/h7-10H,3-6H2,1-2H3. The van der Waals surface area contributed by atoms with Crippen molar-refractivity contribution in [2.45, 2.75) is 39.5 Å². The van der Waals surface area contributed by atoms with E-state index >= 15 is 0 Å². The highest BCUT2D eigenvalue weighted by atomic mass is 16.1. The van der Waals surface area contributed by atoms with Crippen LogP contribution in [0, 0.1) is 17.3 Å². The Kier molecular flexibility index (Phi) is 2.05. The Morgan fingerprint density at radius 1 is 1.38 bits per heavy atom. The molecule has 0 N–H and O–H groups in total. The lowest BCUT2D eigenvalue weighted by molar-refractivity contribution is -0.110. The molecule has 2 rings (SSSR count). The quantitative estimate of drug-likeness (QED) is 0.469. The summed E-state index contributed by atoms with van der Waals surface area (Å²) in [4.78, 5) is 10.9. The van der Waals surface area contributed by atoms with Crippen LogP contribution in [0.4, 0.5) is 0 Å². The molecule has 0 aromatic heterocycles. The van der Waals surface area contributed by atoms with E-state index in [0.717, 1.165) is 25.0 Å². The maximum Gasteiger partial charge on any atom is 0.127 e. The molecule has 1 atom stereocenters. The fraction of sp³-hybridized carbons (Fsp3) is 0.750. The van der Waals surface area contributed by atoms with Crippen LogP contribution in [-0.2, 0) is 4.79 Å². The highest BCUT2D eigenvalue weighted by Gasteiger charge is 2.35. The molecule has 72 valence electrons. The van der Waals surface area contributed by atoms with Gasteiger partial charge in [0.05, 0.1) is 0 Å². The molecule has 2 aliphatic rings. The smallest absolute Gasteiger partial charge is 0.127 e. The molecule has 0 amide bonds. The van der Waals surface area contributed by atoms with Gasteiger partial charge in [0.25, 0.3) is 0 Å². The third kappa shape index (κ3) is 1.84. The van der Waals surface area contributed by atoms with E-state index in [4.69, 9.17) is 0 Å². The fourth-order valence-electron chi connectivity index (χ4n) is 2.31. The van der Waals surface area contributed by atoms with Gasteiger partial charge in [0.1, 0.15) is 6.29 Å². The second kappa shape index (κ2) is 2.97. The number of aldehydes is 1. The van der Waals surface area contributed by atoms with Crippen LogP contribution >= 0.6 is 0 Å². The van der Waals surface area contributed by atoms with E-state index in [1.54, 1.807) is 0 Å². The maximum atomic E-state index is 10.9. The largest absolute Gasteiger partial charge is 0.303 e. The van der Waals surface area contributed by atoms with Gasteiger partial charge < -0.3 is 4.79 Å². The van der Waals surface area contributed by atoms with E-state index in [1.165, 1.54) is 18.4 Å². The van der Waals surface area contributed by atoms with Gasteiger partial charge in [-0.3, -0.25) is 0 Å². The van der Waals surface area contributed by atoms with Crippen LogP contribution in [0.25, 0.3) is 0 Å². The van der Waals surface area contributed by atoms with Crippen LogP contribution in [0.2, 0.25) is 0 Å². The maximum absolute atomic E-state index is 10.9. The second-order valence-corrected chi connectivity index (χ2v) is 5.19. The molecule has 0 heterocycles. The number of hydrogen-bond acceptors (Lipinski definition) is 1. The molecule has 0 spiro atoms. The van der Waals surface area contributed by atoms with Gasteiger partial charge in [-0.15, -0.1) is 0 Å². The highest BCUT2D eigenvalue weighted by Crippen LogP contribution is 2.46. The summed E-state index contributed by atoms with van der Waals surface area (Å²) in [6.07, 6.45) is 8.37. The fourth-order valence-corrected chi connectivity index (χ4v) is 2.31. The zero-order valence-electron chi connectivity index (χ0n) is 8.55. The minimum atomic E-state index is 0.250. The molecule has 0 aromatic rings. The first-order valence-electron chi connectivity index (χ1n) is 5.30. The van der Waals surface area contributed by atoms with Crippen molar-refractivity contribution in [1.82, 2.24) is 0 Å². The molecule has 0 radical (unpaired) electrons. The van der Waals surface area contributed by atoms with Crippen LogP contribution in [0.5, 0.6) is 0 Å². The Hall–Kier alpha value is -0.590. The number of rotatable bonds is 2. The van der Waals surface area contributed by atoms with E-state index in [-0.39, 0.29) is 5.92 Å². The molecule has 1 nitrogen and oxygen atoms in total. The summed E-state index contributed by atoms with van der Waals surface area (Å²) in [5.41, 5.74) is 1.78. The number of carbonyl (C=O) groups is 1. The lowest BCUT2D eigenvalue weighted by Gasteiger charge is -2.31. The van der Waals surface area contributed by atoms with Crippen molar-refractivity contribution in [2.75, 3.05) is 0 Å². The summed E-state index contributed by atoms with van der Waals surface area (Å²) in [6, 6.07) is 0. The number of hydrogen-bond donors (Lipinski definition) is 0. The van der Waals surface area contributed by atoms with Crippen molar-refractivity contribution in [3.63, 3.8) is 0 Å². The van der Waals surface area contributed by atoms with Gasteiger partial charge in [0.15, 0.2) is 0 Å². The molecule has 0 bridgehead atoms. The molecule has 1 fully saturated rings. The van der Waals surface area contributed by atoms with Gasteiger partial charge >= 0.3 is 0 Å². The van der Waals surface area contributed by atoms with Crippen LogP contribution < -0.4 is 0 Å². The average molecular weight is 178 g/mol. The van der Waals surface area contributed by atoms with E-state index in [9.17, 15) is 4.79 Å². The number of allylic oxidation sites excluding steroid dienone is 2. The predicted molar refractivity (Wildman–Crippen MR) is 53.4 cm³/mol. The first-order chi connectivity index (χ1) is 6.12. The van der Waals surface area contributed by atoms with Gasteiger partial charge in [-0.05, 0) is 37.0 Å². The van der Waals surface area contributed by atoms with E-state index in [0.29, 0.717) is 5.41 Å². The van der Waals surface area contributed by atoms with Crippen LogP contribution in [0.1, 0.15) is 39.5 Å². The van der Waals surface area contributed by atoms with Gasteiger partial charge in [-0.2, -0.15) is 0 Å². The summed E-state index contributed by atoms with van der Waals surface area (Å²) in [6.45, 7) is 4.55. The van der Waals surface area contributed by atoms with Crippen molar-refractivity contribution >= 4 is 6.29 Å². The zero-order valence-corrected chi connectivity index (χ0v) is 8.55. The van der Waals surface area contributed by atoms with Crippen molar-refractivity contribution < 1.29 is 4.79 Å². The SMILES string of the molecule is CC1(C)C=C(C2CC2)C(C=O)CC1. The van der Waals surface area contributed by atoms with E-state index < -0.39 is 0 Å². The summed E-state index contributed by atoms with van der Waals surface area (Å²) in [5.74, 6) is 1.01. The Bertz CT molecular complexity index is 246. The average Bonchev–Trinajstić information content (AvgIpc) is 2.85. The van der Waals surface area contributed by atoms with Gasteiger partial charge in [0.2, 0.25) is 0 Å². The van der Waals surface area contributed by atoms with Crippen molar-refractivity contribution in [2.24, 2.45) is 17.3 Å². The second-order valence-electron chi connectivity index (χ2n) is 5.19. The third-order valence-corrected chi connectivity index (χ3v) is 3.30. The van der Waals surface area contributed by atoms with Crippen LogP contribution in [-0.4, -0.2) is 6.29 Å². The first-order valence-corrected chi connectivity index (χ1v) is 5.30. The molecule has 13 heavy (non-hydrogen) atoms. The summed E-state index contributed by atoms with van der Waals surface area (Å²) in [7, 11) is 0. The zero-order chi connectivity index (χ0) is 9.47. The minimum Gasteiger partial charge on any atom is -0.303 e. The van der Waals surface area contributed by atoms with Gasteiger partial charge in [-0.25, -0.2) is 0 Å². The Labute approximate surface area is 80.2 Å². The van der Waals surface area contributed by atoms with Crippen molar-refractivity contribution in [3.8, 4) is 0 Å². The molecule has 0 saturated heterocycles. The van der Waals surface area contributed by atoms with Crippen LogP contribution in [0.15, 0.2) is 11.6 Å². The first kappa shape index (κ1) is 8.98. The molecule has 1 heteroatoms. The Morgan fingerprint density at radius 3 is 2.62 bits per heavy atom. The highest BCUT2D eigenvalue weighted by molar-refractivity contribution is 5.60. The summed E-state index contributed by atoms with van der Waals surface area (Å²) < 4.78 is 0. The lowest BCUT2D eigenvalue weighted by atomic mass is 9.74. The molecular weight excluding hydrogens is 160 g/mol. The topological polar surface area (TPSA) is 17.1 Å². The third-order valence-electron chi connectivity index (χ3n) is 3.30. The predicted octanol–water partition coefficient (Wildman–Crippen LogP) is 2.96. The summed E-state index contributed by atoms with van der Waals surface area (Å²) in [5, 5.41) is 0. The number of carbonyl (C=O) groups excluding carboxylic acids is 1. The molecule has 1 unspecified atom stereocenters. The van der Waals surface area contributed by atoms with Gasteiger partial charge in [0, 0.05) is 5.92 Å². The monoisotopic (exact) mass is 178 g/mol.